The van der Waals surface area contributed by atoms with E-state index in [-0.39, 0.29) is 23.8 Å². The van der Waals surface area contributed by atoms with E-state index in [4.69, 9.17) is 5.11 Å². The molecule has 0 aliphatic carbocycles. The van der Waals surface area contributed by atoms with Crippen LogP contribution in [0.1, 0.15) is 37.4 Å². The van der Waals surface area contributed by atoms with E-state index in [0.717, 1.165) is 0 Å². The Kier molecular flexibility index (Phi) is 4.56. The van der Waals surface area contributed by atoms with Gasteiger partial charge in [0.2, 0.25) is 0 Å². The number of benzene rings is 2. The second-order valence-corrected chi connectivity index (χ2v) is 5.10. The lowest BCUT2D eigenvalue weighted by Gasteiger charge is -2.10. The molecule has 0 aliphatic rings. The summed E-state index contributed by atoms with van der Waals surface area (Å²) >= 11 is 0. The molecule has 2 rings (SSSR count). The number of carboxylic acids is 1. The van der Waals surface area contributed by atoms with Crippen molar-refractivity contribution in [2.45, 2.75) is 20.4 Å². The second kappa shape index (κ2) is 6.39. The molecule has 0 atom stereocenters. The van der Waals surface area contributed by atoms with Crippen molar-refractivity contribution < 1.29 is 19.1 Å². The first kappa shape index (κ1) is 15.7. The van der Waals surface area contributed by atoms with Crippen LogP contribution in [0.3, 0.4) is 0 Å². The first-order valence-electron chi connectivity index (χ1n) is 6.75. The molecule has 0 fully saturated rings. The second-order valence-electron chi connectivity index (χ2n) is 5.10. The topological polar surface area (TPSA) is 66.4 Å². The van der Waals surface area contributed by atoms with Crippen LogP contribution < -0.4 is 5.32 Å². The van der Waals surface area contributed by atoms with E-state index in [9.17, 15) is 14.0 Å². The number of aromatic carboxylic acids is 1. The molecule has 0 radical (unpaired) electrons. The summed E-state index contributed by atoms with van der Waals surface area (Å²) in [5, 5.41) is 11.8. The fraction of sp³-hybridized carbons (Fsp3) is 0.176. The van der Waals surface area contributed by atoms with Crippen molar-refractivity contribution in [2.75, 3.05) is 0 Å². The van der Waals surface area contributed by atoms with Gasteiger partial charge < -0.3 is 10.4 Å². The van der Waals surface area contributed by atoms with E-state index < -0.39 is 5.97 Å². The molecule has 2 aromatic carbocycles. The minimum absolute atomic E-state index is 0.204. The summed E-state index contributed by atoms with van der Waals surface area (Å²) in [4.78, 5) is 23.3. The van der Waals surface area contributed by atoms with Crippen LogP contribution in [0.5, 0.6) is 0 Å². The molecule has 0 aliphatic heterocycles. The van der Waals surface area contributed by atoms with Crippen molar-refractivity contribution >= 4 is 11.9 Å². The summed E-state index contributed by atoms with van der Waals surface area (Å²) < 4.78 is 13.1. The van der Waals surface area contributed by atoms with Gasteiger partial charge >= 0.3 is 5.97 Å². The van der Waals surface area contributed by atoms with Gasteiger partial charge in [0.05, 0.1) is 5.56 Å². The van der Waals surface area contributed by atoms with E-state index in [0.29, 0.717) is 22.3 Å². The molecule has 0 saturated carbocycles. The van der Waals surface area contributed by atoms with E-state index in [1.54, 1.807) is 26.0 Å². The van der Waals surface area contributed by atoms with Crippen LogP contribution in [0.25, 0.3) is 0 Å². The lowest BCUT2D eigenvalue weighted by Crippen LogP contribution is -2.23. The summed E-state index contributed by atoms with van der Waals surface area (Å²) in [6, 6.07) is 9.06. The summed E-state index contributed by atoms with van der Waals surface area (Å²) in [5.41, 5.74) is 2.31. The number of carbonyl (C=O) groups excluding carboxylic acids is 1. The van der Waals surface area contributed by atoms with Crippen molar-refractivity contribution in [2.24, 2.45) is 0 Å². The number of rotatable bonds is 4. The third-order valence-corrected chi connectivity index (χ3v) is 3.35. The molecule has 0 spiro atoms. The molecule has 0 bridgehead atoms. The Hall–Kier alpha value is -2.69. The minimum atomic E-state index is -1.01. The van der Waals surface area contributed by atoms with Gasteiger partial charge in [-0.2, -0.15) is 0 Å². The van der Waals surface area contributed by atoms with E-state index in [1.165, 1.54) is 24.3 Å². The summed E-state index contributed by atoms with van der Waals surface area (Å²) in [6.45, 7) is 3.51. The average molecular weight is 301 g/mol. The molecule has 0 heterocycles. The highest BCUT2D eigenvalue weighted by Gasteiger charge is 2.15. The first-order chi connectivity index (χ1) is 10.4. The number of amides is 1. The Morgan fingerprint density at radius 3 is 2.32 bits per heavy atom. The molecule has 4 nitrogen and oxygen atoms in total. The van der Waals surface area contributed by atoms with Gasteiger partial charge in [-0.25, -0.2) is 9.18 Å². The van der Waals surface area contributed by atoms with Gasteiger partial charge in [-0.05, 0) is 54.8 Å². The third-order valence-electron chi connectivity index (χ3n) is 3.35. The predicted molar refractivity (Wildman–Crippen MR) is 80.4 cm³/mol. The molecule has 1 amide bonds. The molecular weight excluding hydrogens is 285 g/mol. The van der Waals surface area contributed by atoms with Crippen molar-refractivity contribution in [3.8, 4) is 0 Å². The maximum atomic E-state index is 13.1. The zero-order chi connectivity index (χ0) is 16.3. The Bertz CT molecular complexity index is 717. The molecular formula is C17H16FNO3. The van der Waals surface area contributed by atoms with Crippen LogP contribution in [-0.2, 0) is 6.54 Å². The maximum absolute atomic E-state index is 13.1. The Morgan fingerprint density at radius 1 is 1.14 bits per heavy atom. The van der Waals surface area contributed by atoms with Crippen molar-refractivity contribution in [3.05, 3.63) is 70.0 Å². The molecule has 5 heteroatoms. The van der Waals surface area contributed by atoms with Crippen LogP contribution in [-0.4, -0.2) is 17.0 Å². The van der Waals surface area contributed by atoms with Crippen LogP contribution in [0.15, 0.2) is 36.4 Å². The van der Waals surface area contributed by atoms with Gasteiger partial charge in [0.25, 0.3) is 5.91 Å². The first-order valence-corrected chi connectivity index (χ1v) is 6.75. The van der Waals surface area contributed by atoms with Gasteiger partial charge in [0.1, 0.15) is 5.82 Å². The largest absolute Gasteiger partial charge is 0.478 e. The predicted octanol–water partition coefficient (Wildman–Crippen LogP) is 3.07. The number of hydrogen-bond donors (Lipinski definition) is 2. The Labute approximate surface area is 127 Å². The van der Waals surface area contributed by atoms with Crippen LogP contribution >= 0.6 is 0 Å². The van der Waals surface area contributed by atoms with Gasteiger partial charge in [0, 0.05) is 12.1 Å². The lowest BCUT2D eigenvalue weighted by atomic mass is 9.99. The number of nitrogens with one attached hydrogen (secondary N) is 1. The summed E-state index contributed by atoms with van der Waals surface area (Å²) in [6.07, 6.45) is 0. The average Bonchev–Trinajstić information content (AvgIpc) is 2.43. The SMILES string of the molecule is Cc1cc(C(=O)NCc2cccc(F)c2)cc(C)c1C(=O)O. The number of hydrogen-bond acceptors (Lipinski definition) is 2. The number of halogens is 1. The fourth-order valence-corrected chi connectivity index (χ4v) is 2.36. The highest BCUT2D eigenvalue weighted by molar-refractivity contribution is 5.97. The van der Waals surface area contributed by atoms with E-state index >= 15 is 0 Å². The molecule has 0 saturated heterocycles. The van der Waals surface area contributed by atoms with E-state index in [2.05, 4.69) is 5.32 Å². The van der Waals surface area contributed by atoms with Crippen molar-refractivity contribution in [1.29, 1.82) is 0 Å². The van der Waals surface area contributed by atoms with Gasteiger partial charge in [0.15, 0.2) is 0 Å². The summed E-state index contributed by atoms with van der Waals surface area (Å²) in [5.74, 6) is -1.70. The summed E-state index contributed by atoms with van der Waals surface area (Å²) in [7, 11) is 0. The number of carboxylic acid groups (broad SMARTS) is 1. The number of carbonyl (C=O) groups is 2. The smallest absolute Gasteiger partial charge is 0.336 e. The Morgan fingerprint density at radius 2 is 1.77 bits per heavy atom. The quantitative estimate of drug-likeness (QED) is 0.912. The number of aryl methyl sites for hydroxylation is 2. The van der Waals surface area contributed by atoms with Crippen molar-refractivity contribution in [3.63, 3.8) is 0 Å². The maximum Gasteiger partial charge on any atom is 0.336 e. The van der Waals surface area contributed by atoms with E-state index in [1.807, 2.05) is 0 Å². The van der Waals surface area contributed by atoms with Crippen molar-refractivity contribution in [1.82, 2.24) is 5.32 Å². The van der Waals surface area contributed by atoms with Crippen LogP contribution in [0.4, 0.5) is 4.39 Å². The molecule has 2 N–H and O–H groups in total. The molecule has 114 valence electrons. The van der Waals surface area contributed by atoms with Gasteiger partial charge in [-0.3, -0.25) is 4.79 Å². The van der Waals surface area contributed by atoms with Gasteiger partial charge in [-0.15, -0.1) is 0 Å². The van der Waals surface area contributed by atoms with Crippen LogP contribution in [0, 0.1) is 19.7 Å². The lowest BCUT2D eigenvalue weighted by molar-refractivity contribution is 0.0694. The zero-order valence-electron chi connectivity index (χ0n) is 12.3. The standard InChI is InChI=1S/C17H16FNO3/c1-10-6-13(7-11(2)15(10)17(21)22)16(20)19-9-12-4-3-5-14(18)8-12/h3-8H,9H2,1-2H3,(H,19,20)(H,21,22). The van der Waals surface area contributed by atoms with Gasteiger partial charge in [-0.1, -0.05) is 12.1 Å². The zero-order valence-corrected chi connectivity index (χ0v) is 12.3. The monoisotopic (exact) mass is 301 g/mol. The van der Waals surface area contributed by atoms with Crippen LogP contribution in [0.2, 0.25) is 0 Å². The fourth-order valence-electron chi connectivity index (χ4n) is 2.36. The third kappa shape index (κ3) is 3.49. The Balaban J connectivity index is 2.15. The minimum Gasteiger partial charge on any atom is -0.478 e. The molecule has 2 aromatic rings. The molecule has 0 aromatic heterocycles. The highest BCUT2D eigenvalue weighted by atomic mass is 19.1. The molecule has 0 unspecified atom stereocenters. The highest BCUT2D eigenvalue weighted by Crippen LogP contribution is 2.17. The normalized spacial score (nSPS) is 10.3. The molecule has 22 heavy (non-hydrogen) atoms.